The van der Waals surface area contributed by atoms with Crippen molar-refractivity contribution >= 4 is 32.8 Å². The first kappa shape index (κ1) is 18.8. The molecular formula is C22H30BrN5. The van der Waals surface area contributed by atoms with Crippen LogP contribution in [0.15, 0.2) is 28.9 Å². The van der Waals surface area contributed by atoms with Gasteiger partial charge in [-0.1, -0.05) is 15.9 Å². The largest absolute Gasteiger partial charge is 0.366 e. The first-order valence-electron chi connectivity index (χ1n) is 10.9. The maximum Gasteiger partial charge on any atom is 0.145 e. The van der Waals surface area contributed by atoms with Crippen LogP contribution in [0.3, 0.4) is 0 Å². The third kappa shape index (κ3) is 4.50. The van der Waals surface area contributed by atoms with Crippen molar-refractivity contribution in [2.75, 3.05) is 38.0 Å². The van der Waals surface area contributed by atoms with Gasteiger partial charge in [0.25, 0.3) is 0 Å². The number of fused-ring (bicyclic) bond motifs is 1. The molecule has 1 aromatic heterocycles. The van der Waals surface area contributed by atoms with E-state index in [2.05, 4.69) is 36.0 Å². The molecule has 5 nitrogen and oxygen atoms in total. The summed E-state index contributed by atoms with van der Waals surface area (Å²) >= 11 is 3.52. The average molecular weight is 444 g/mol. The fourth-order valence-electron chi connectivity index (χ4n) is 4.83. The fourth-order valence-corrected chi connectivity index (χ4v) is 5.17. The lowest BCUT2D eigenvalue weighted by atomic mass is 9.90. The van der Waals surface area contributed by atoms with Gasteiger partial charge in [0.05, 0.1) is 17.2 Å². The lowest BCUT2D eigenvalue weighted by Crippen LogP contribution is -2.51. The number of piperazine rings is 1. The molecule has 1 aromatic carbocycles. The normalized spacial score (nSPS) is 27.2. The van der Waals surface area contributed by atoms with Gasteiger partial charge >= 0.3 is 0 Å². The third-order valence-corrected chi connectivity index (χ3v) is 7.18. The second-order valence-corrected chi connectivity index (χ2v) is 9.73. The van der Waals surface area contributed by atoms with Gasteiger partial charge in [-0.15, -0.1) is 0 Å². The average Bonchev–Trinajstić information content (AvgIpc) is 3.53. The van der Waals surface area contributed by atoms with E-state index in [0.717, 1.165) is 33.3 Å². The Balaban J connectivity index is 1.11. The van der Waals surface area contributed by atoms with E-state index < -0.39 is 0 Å². The van der Waals surface area contributed by atoms with E-state index in [0.29, 0.717) is 6.04 Å². The Kier molecular flexibility index (Phi) is 5.53. The van der Waals surface area contributed by atoms with Crippen LogP contribution in [0.1, 0.15) is 38.5 Å². The van der Waals surface area contributed by atoms with Gasteiger partial charge in [0.2, 0.25) is 0 Å². The second-order valence-electron chi connectivity index (χ2n) is 8.82. The van der Waals surface area contributed by atoms with Crippen LogP contribution in [0.4, 0.5) is 5.82 Å². The highest BCUT2D eigenvalue weighted by Crippen LogP contribution is 2.31. The Morgan fingerprint density at radius 2 is 1.75 bits per heavy atom. The molecule has 2 aliphatic carbocycles. The minimum atomic E-state index is 0.520. The predicted octanol–water partition coefficient (Wildman–Crippen LogP) is 4.14. The van der Waals surface area contributed by atoms with Gasteiger partial charge in [-0.05, 0) is 62.6 Å². The van der Waals surface area contributed by atoms with Gasteiger partial charge < -0.3 is 10.2 Å². The van der Waals surface area contributed by atoms with Crippen LogP contribution in [0.2, 0.25) is 0 Å². The topological polar surface area (TPSA) is 44.3 Å². The summed E-state index contributed by atoms with van der Waals surface area (Å²) in [5.74, 6) is 1.93. The van der Waals surface area contributed by atoms with Crippen molar-refractivity contribution < 1.29 is 0 Å². The smallest absolute Gasteiger partial charge is 0.145 e. The number of hydrogen-bond acceptors (Lipinski definition) is 5. The number of benzene rings is 1. The number of anilines is 1. The number of aromatic nitrogens is 2. The fraction of sp³-hybridized carbons (Fsp3) is 0.636. The lowest BCUT2D eigenvalue weighted by Gasteiger charge is -2.42. The summed E-state index contributed by atoms with van der Waals surface area (Å²) in [5, 5.41) is 3.64. The zero-order valence-corrected chi connectivity index (χ0v) is 18.1. The van der Waals surface area contributed by atoms with Crippen LogP contribution in [0.5, 0.6) is 0 Å². The van der Waals surface area contributed by atoms with E-state index >= 15 is 0 Å². The minimum Gasteiger partial charge on any atom is -0.366 e. The van der Waals surface area contributed by atoms with Crippen LogP contribution in [-0.4, -0.2) is 64.6 Å². The van der Waals surface area contributed by atoms with E-state index in [-0.39, 0.29) is 0 Å². The highest BCUT2D eigenvalue weighted by atomic mass is 79.9. The molecule has 0 unspecified atom stereocenters. The minimum absolute atomic E-state index is 0.520. The van der Waals surface area contributed by atoms with Crippen molar-refractivity contribution in [2.45, 2.75) is 50.6 Å². The Labute approximate surface area is 176 Å². The number of nitrogens with one attached hydrogen (secondary N) is 1. The molecule has 2 heterocycles. The molecule has 3 aliphatic rings. The van der Waals surface area contributed by atoms with E-state index in [1.165, 1.54) is 71.2 Å². The van der Waals surface area contributed by atoms with Gasteiger partial charge in [0, 0.05) is 49.3 Å². The van der Waals surface area contributed by atoms with Crippen LogP contribution < -0.4 is 5.32 Å². The monoisotopic (exact) mass is 443 g/mol. The Bertz CT molecular complexity index is 808. The SMILES string of the molecule is Brc1ccc2ncc(N[C@H]3CC[C@H](N4CCN(CC5CC5)CC4)CC3)nc2c1. The van der Waals surface area contributed by atoms with Crippen LogP contribution >= 0.6 is 15.9 Å². The zero-order valence-electron chi connectivity index (χ0n) is 16.5. The predicted molar refractivity (Wildman–Crippen MR) is 118 cm³/mol. The Hall–Kier alpha value is -1.24. The van der Waals surface area contributed by atoms with E-state index in [9.17, 15) is 0 Å². The Morgan fingerprint density at radius 1 is 0.964 bits per heavy atom. The molecule has 28 heavy (non-hydrogen) atoms. The highest BCUT2D eigenvalue weighted by molar-refractivity contribution is 9.10. The third-order valence-electron chi connectivity index (χ3n) is 6.69. The summed E-state index contributed by atoms with van der Waals surface area (Å²) in [4.78, 5) is 14.8. The van der Waals surface area contributed by atoms with Crippen molar-refractivity contribution in [3.05, 3.63) is 28.9 Å². The summed E-state index contributed by atoms with van der Waals surface area (Å²) in [6, 6.07) is 7.35. The van der Waals surface area contributed by atoms with Crippen molar-refractivity contribution in [3.63, 3.8) is 0 Å². The Morgan fingerprint density at radius 3 is 2.50 bits per heavy atom. The van der Waals surface area contributed by atoms with E-state index in [4.69, 9.17) is 4.98 Å². The van der Waals surface area contributed by atoms with Crippen molar-refractivity contribution in [1.82, 2.24) is 19.8 Å². The van der Waals surface area contributed by atoms with Gasteiger partial charge in [0.15, 0.2) is 0 Å². The van der Waals surface area contributed by atoms with Gasteiger partial charge in [-0.25, -0.2) is 4.98 Å². The molecule has 0 amide bonds. The quantitative estimate of drug-likeness (QED) is 0.751. The molecule has 0 radical (unpaired) electrons. The van der Waals surface area contributed by atoms with Crippen LogP contribution in [0.25, 0.3) is 11.0 Å². The van der Waals surface area contributed by atoms with Gasteiger partial charge in [-0.3, -0.25) is 9.88 Å². The molecule has 0 spiro atoms. The second kappa shape index (κ2) is 8.25. The molecule has 2 saturated carbocycles. The lowest BCUT2D eigenvalue weighted by molar-refractivity contribution is 0.0752. The highest BCUT2D eigenvalue weighted by Gasteiger charge is 2.30. The number of halogens is 1. The molecule has 3 fully saturated rings. The summed E-state index contributed by atoms with van der Waals surface area (Å²) in [7, 11) is 0. The van der Waals surface area contributed by atoms with Gasteiger partial charge in [0.1, 0.15) is 5.82 Å². The summed E-state index contributed by atoms with van der Waals surface area (Å²) < 4.78 is 1.05. The number of hydrogen-bond donors (Lipinski definition) is 1. The van der Waals surface area contributed by atoms with E-state index in [1.807, 2.05) is 24.4 Å². The zero-order chi connectivity index (χ0) is 18.9. The van der Waals surface area contributed by atoms with Crippen molar-refractivity contribution in [3.8, 4) is 0 Å². The first-order valence-corrected chi connectivity index (χ1v) is 11.7. The number of rotatable bonds is 5. The number of nitrogens with zero attached hydrogens (tertiary/aromatic N) is 4. The molecule has 1 aliphatic heterocycles. The van der Waals surface area contributed by atoms with Crippen LogP contribution in [-0.2, 0) is 0 Å². The van der Waals surface area contributed by atoms with Crippen molar-refractivity contribution in [2.24, 2.45) is 5.92 Å². The molecular weight excluding hydrogens is 414 g/mol. The molecule has 5 rings (SSSR count). The maximum atomic E-state index is 4.76. The summed E-state index contributed by atoms with van der Waals surface area (Å²) in [6.07, 6.45) is 9.86. The maximum absolute atomic E-state index is 4.76. The molecule has 0 bridgehead atoms. The molecule has 0 atom stereocenters. The first-order chi connectivity index (χ1) is 13.7. The molecule has 1 N–H and O–H groups in total. The molecule has 150 valence electrons. The molecule has 2 aromatic rings. The summed E-state index contributed by atoms with van der Waals surface area (Å²) in [5.41, 5.74) is 1.88. The van der Waals surface area contributed by atoms with Crippen molar-refractivity contribution in [1.29, 1.82) is 0 Å². The molecule has 6 heteroatoms. The molecule has 1 saturated heterocycles. The van der Waals surface area contributed by atoms with Crippen LogP contribution in [0, 0.1) is 5.92 Å². The van der Waals surface area contributed by atoms with E-state index in [1.54, 1.807) is 0 Å². The summed E-state index contributed by atoms with van der Waals surface area (Å²) in [6.45, 7) is 6.43. The van der Waals surface area contributed by atoms with Gasteiger partial charge in [-0.2, -0.15) is 0 Å². The standard InChI is InChI=1S/C22H30BrN5/c23-17-3-8-20-21(13-17)26-22(14-24-20)25-18-4-6-19(7-5-18)28-11-9-27(10-12-28)15-16-1-2-16/h3,8,13-14,16,18-19H,1-2,4-7,9-12,15H2,(H,25,26)/t18-,19-.